The molecule has 1 N–H and O–H groups in total. The van der Waals surface area contributed by atoms with Crippen LogP contribution < -0.4 is 5.32 Å². The van der Waals surface area contributed by atoms with Gasteiger partial charge in [0.15, 0.2) is 0 Å². The van der Waals surface area contributed by atoms with E-state index in [0.717, 1.165) is 11.0 Å². The highest BCUT2D eigenvalue weighted by molar-refractivity contribution is 9.10. The lowest BCUT2D eigenvalue weighted by molar-refractivity contribution is 0.683. The molecule has 14 heavy (non-hydrogen) atoms. The number of aromatic nitrogens is 2. The van der Waals surface area contributed by atoms with Crippen molar-refractivity contribution in [2.45, 2.75) is 32.6 Å². The second kappa shape index (κ2) is 6.76. The number of unbranched alkanes of at least 4 members (excludes halogenated alkanes) is 3. The maximum Gasteiger partial charge on any atom is 0.222 e. The quantitative estimate of drug-likeness (QED) is 0.796. The molecule has 0 saturated heterocycles. The van der Waals surface area contributed by atoms with E-state index in [0.29, 0.717) is 5.95 Å². The number of nitrogens with zero attached hydrogens (tertiary/aromatic N) is 2. The first-order valence-electron chi connectivity index (χ1n) is 5.04. The summed E-state index contributed by atoms with van der Waals surface area (Å²) < 4.78 is 0.911. The lowest BCUT2D eigenvalue weighted by atomic mass is 10.2. The summed E-state index contributed by atoms with van der Waals surface area (Å²) in [5.41, 5.74) is 0. The topological polar surface area (TPSA) is 37.8 Å². The van der Waals surface area contributed by atoms with E-state index in [1.807, 2.05) is 0 Å². The minimum atomic E-state index is 0.713. The number of hydrogen-bond acceptors (Lipinski definition) is 3. The molecule has 0 atom stereocenters. The Labute approximate surface area is 93.5 Å². The van der Waals surface area contributed by atoms with Gasteiger partial charge in [-0.05, 0) is 22.4 Å². The van der Waals surface area contributed by atoms with Crippen LogP contribution in [0.4, 0.5) is 5.95 Å². The van der Waals surface area contributed by atoms with Gasteiger partial charge in [0, 0.05) is 18.9 Å². The van der Waals surface area contributed by atoms with Gasteiger partial charge in [0.25, 0.3) is 0 Å². The van der Waals surface area contributed by atoms with E-state index < -0.39 is 0 Å². The van der Waals surface area contributed by atoms with Crippen molar-refractivity contribution in [3.63, 3.8) is 0 Å². The Balaban J connectivity index is 2.15. The molecule has 3 nitrogen and oxygen atoms in total. The zero-order valence-electron chi connectivity index (χ0n) is 8.46. The van der Waals surface area contributed by atoms with E-state index in [1.165, 1.54) is 25.7 Å². The highest BCUT2D eigenvalue weighted by Crippen LogP contribution is 2.07. The third-order valence-corrected chi connectivity index (χ3v) is 2.34. The van der Waals surface area contributed by atoms with Crippen LogP contribution in [0.15, 0.2) is 16.9 Å². The molecule has 0 bridgehead atoms. The SMILES string of the molecule is CCCCCCNc1ncc(Br)cn1. The predicted octanol–water partition coefficient (Wildman–Crippen LogP) is 3.23. The third kappa shape index (κ3) is 4.56. The second-order valence-corrected chi connectivity index (χ2v) is 4.13. The van der Waals surface area contributed by atoms with Crippen molar-refractivity contribution in [3.05, 3.63) is 16.9 Å². The van der Waals surface area contributed by atoms with E-state index in [9.17, 15) is 0 Å². The molecule has 0 aliphatic rings. The van der Waals surface area contributed by atoms with Gasteiger partial charge in [-0.3, -0.25) is 0 Å². The van der Waals surface area contributed by atoms with Gasteiger partial charge in [0.05, 0.1) is 4.47 Å². The highest BCUT2D eigenvalue weighted by Gasteiger charge is 1.94. The summed E-state index contributed by atoms with van der Waals surface area (Å²) in [5, 5.41) is 3.19. The summed E-state index contributed by atoms with van der Waals surface area (Å²) in [6.45, 7) is 3.17. The van der Waals surface area contributed by atoms with Gasteiger partial charge in [0.2, 0.25) is 5.95 Å². The van der Waals surface area contributed by atoms with Crippen LogP contribution in [-0.2, 0) is 0 Å². The lowest BCUT2D eigenvalue weighted by Gasteiger charge is -2.03. The molecule has 1 heterocycles. The van der Waals surface area contributed by atoms with Crippen molar-refractivity contribution in [1.29, 1.82) is 0 Å². The Bertz CT molecular complexity index is 248. The molecular weight excluding hydrogens is 242 g/mol. The molecule has 1 aromatic rings. The minimum absolute atomic E-state index is 0.713. The first kappa shape index (κ1) is 11.4. The molecule has 0 radical (unpaired) electrons. The van der Waals surface area contributed by atoms with Gasteiger partial charge in [-0.2, -0.15) is 0 Å². The largest absolute Gasteiger partial charge is 0.354 e. The monoisotopic (exact) mass is 257 g/mol. The Morgan fingerprint density at radius 3 is 2.57 bits per heavy atom. The maximum absolute atomic E-state index is 4.13. The normalized spacial score (nSPS) is 10.1. The van der Waals surface area contributed by atoms with Crippen molar-refractivity contribution in [2.24, 2.45) is 0 Å². The van der Waals surface area contributed by atoms with Crippen molar-refractivity contribution >= 4 is 21.9 Å². The van der Waals surface area contributed by atoms with Crippen LogP contribution in [0.2, 0.25) is 0 Å². The first-order chi connectivity index (χ1) is 6.83. The van der Waals surface area contributed by atoms with E-state index in [2.05, 4.69) is 38.1 Å². The molecule has 1 aromatic heterocycles. The molecular formula is C10H16BrN3. The van der Waals surface area contributed by atoms with Crippen LogP contribution in [0.5, 0.6) is 0 Å². The van der Waals surface area contributed by atoms with Crippen LogP contribution in [0.25, 0.3) is 0 Å². The molecule has 0 aliphatic heterocycles. The van der Waals surface area contributed by atoms with Gasteiger partial charge in [0.1, 0.15) is 0 Å². The molecule has 0 aromatic carbocycles. The summed E-state index contributed by atoms with van der Waals surface area (Å²) >= 11 is 3.30. The predicted molar refractivity (Wildman–Crippen MR) is 62.4 cm³/mol. The lowest BCUT2D eigenvalue weighted by Crippen LogP contribution is -2.04. The average molecular weight is 258 g/mol. The summed E-state index contributed by atoms with van der Waals surface area (Å²) in [6, 6.07) is 0. The Hall–Kier alpha value is -0.640. The molecule has 0 saturated carbocycles. The molecule has 1 rings (SSSR count). The van der Waals surface area contributed by atoms with E-state index in [1.54, 1.807) is 12.4 Å². The van der Waals surface area contributed by atoms with Crippen molar-refractivity contribution in [2.75, 3.05) is 11.9 Å². The van der Waals surface area contributed by atoms with Crippen molar-refractivity contribution in [1.82, 2.24) is 9.97 Å². The summed E-state index contributed by atoms with van der Waals surface area (Å²) in [4.78, 5) is 8.25. The summed E-state index contributed by atoms with van der Waals surface area (Å²) in [6.07, 6.45) is 8.55. The molecule has 0 aliphatic carbocycles. The Morgan fingerprint density at radius 1 is 1.21 bits per heavy atom. The van der Waals surface area contributed by atoms with Crippen LogP contribution in [0.1, 0.15) is 32.6 Å². The van der Waals surface area contributed by atoms with E-state index in [-0.39, 0.29) is 0 Å². The zero-order valence-corrected chi connectivity index (χ0v) is 10.0. The number of anilines is 1. The third-order valence-electron chi connectivity index (χ3n) is 1.93. The van der Waals surface area contributed by atoms with E-state index >= 15 is 0 Å². The molecule has 0 spiro atoms. The fourth-order valence-corrected chi connectivity index (χ4v) is 1.36. The van der Waals surface area contributed by atoms with Gasteiger partial charge in [-0.1, -0.05) is 26.2 Å². The van der Waals surface area contributed by atoms with Gasteiger partial charge in [-0.15, -0.1) is 0 Å². The number of nitrogens with one attached hydrogen (secondary N) is 1. The van der Waals surface area contributed by atoms with E-state index in [4.69, 9.17) is 0 Å². The zero-order chi connectivity index (χ0) is 10.2. The molecule has 0 amide bonds. The van der Waals surface area contributed by atoms with Gasteiger partial charge >= 0.3 is 0 Å². The summed E-state index contributed by atoms with van der Waals surface area (Å²) in [7, 11) is 0. The first-order valence-corrected chi connectivity index (χ1v) is 5.83. The molecule has 78 valence electrons. The fraction of sp³-hybridized carbons (Fsp3) is 0.600. The van der Waals surface area contributed by atoms with Crippen LogP contribution in [0.3, 0.4) is 0 Å². The molecule has 0 unspecified atom stereocenters. The van der Waals surface area contributed by atoms with Gasteiger partial charge in [-0.25, -0.2) is 9.97 Å². The van der Waals surface area contributed by atoms with Crippen molar-refractivity contribution in [3.8, 4) is 0 Å². The highest BCUT2D eigenvalue weighted by atomic mass is 79.9. The Morgan fingerprint density at radius 2 is 1.93 bits per heavy atom. The van der Waals surface area contributed by atoms with Crippen LogP contribution >= 0.6 is 15.9 Å². The number of halogens is 1. The number of hydrogen-bond donors (Lipinski definition) is 1. The van der Waals surface area contributed by atoms with Gasteiger partial charge < -0.3 is 5.32 Å². The average Bonchev–Trinajstić information content (AvgIpc) is 2.21. The summed E-state index contributed by atoms with van der Waals surface area (Å²) in [5.74, 6) is 0.713. The van der Waals surface area contributed by atoms with Crippen LogP contribution in [0, 0.1) is 0 Å². The van der Waals surface area contributed by atoms with Crippen LogP contribution in [-0.4, -0.2) is 16.5 Å². The standard InChI is InChI=1S/C10H16BrN3/c1-2-3-4-5-6-12-10-13-7-9(11)8-14-10/h7-8H,2-6H2,1H3,(H,12,13,14). The van der Waals surface area contributed by atoms with Crippen molar-refractivity contribution < 1.29 is 0 Å². The minimum Gasteiger partial charge on any atom is -0.354 e. The Kier molecular flexibility index (Phi) is 5.52. The molecule has 0 fully saturated rings. The second-order valence-electron chi connectivity index (χ2n) is 3.21. The fourth-order valence-electron chi connectivity index (χ4n) is 1.16. The smallest absolute Gasteiger partial charge is 0.222 e. The maximum atomic E-state index is 4.13. The number of rotatable bonds is 6. The molecule has 4 heteroatoms.